The number of hydrogen-bond acceptors (Lipinski definition) is 5. The zero-order valence-corrected chi connectivity index (χ0v) is 25.0. The van der Waals surface area contributed by atoms with Crippen LogP contribution in [-0.2, 0) is 16.1 Å². The molecular weight excluding hydrogens is 470 g/mol. The molecule has 1 saturated heterocycles. The number of rotatable bonds is 12. The number of methoxy groups -OCH3 is 1. The van der Waals surface area contributed by atoms with Crippen molar-refractivity contribution in [2.45, 2.75) is 86.3 Å². The summed E-state index contributed by atoms with van der Waals surface area (Å²) in [6.45, 7) is 22.7. The van der Waals surface area contributed by atoms with Gasteiger partial charge in [0, 0.05) is 33.2 Å². The summed E-state index contributed by atoms with van der Waals surface area (Å²) in [5.41, 5.74) is 6.65. The average molecular weight is 522 g/mol. The third-order valence-electron chi connectivity index (χ3n) is 6.69. The Balaban J connectivity index is 0.000000428. The molecule has 5 heteroatoms. The van der Waals surface area contributed by atoms with Crippen molar-refractivity contribution < 1.29 is 9.53 Å². The van der Waals surface area contributed by atoms with Crippen LogP contribution in [0.15, 0.2) is 55.8 Å². The van der Waals surface area contributed by atoms with Crippen LogP contribution in [0.25, 0.3) is 5.70 Å². The van der Waals surface area contributed by atoms with Crippen LogP contribution in [0.2, 0.25) is 0 Å². The molecule has 1 aromatic carbocycles. The van der Waals surface area contributed by atoms with E-state index in [0.717, 1.165) is 36.9 Å². The highest BCUT2D eigenvalue weighted by molar-refractivity contribution is 5.74. The van der Waals surface area contributed by atoms with Crippen molar-refractivity contribution in [2.75, 3.05) is 25.1 Å². The standard InChI is InChI=1S/C20H25N3O.C9H18.C4H8O/c1-14-5-7-17(8-6-14)10-21-16(3)19-9-15(2)20(11-22-19)23-12-18(13-23)24-4;1-4-7-9(6-3)8-5-2;1-3-4(2)5/h5-9,11,18,21H,3,10,12-13H2,1-2,4H3;6,9H,3-5,7-8H2,1-2H3;3H2,1-2H3. The lowest BCUT2D eigenvalue weighted by Crippen LogP contribution is -2.52. The molecule has 1 N–H and O–H groups in total. The van der Waals surface area contributed by atoms with Crippen LogP contribution >= 0.6 is 0 Å². The van der Waals surface area contributed by atoms with E-state index in [0.29, 0.717) is 12.5 Å². The van der Waals surface area contributed by atoms with Gasteiger partial charge in [0.25, 0.3) is 0 Å². The van der Waals surface area contributed by atoms with E-state index in [1.165, 1.54) is 48.1 Å². The molecule has 0 amide bonds. The molecule has 5 nitrogen and oxygen atoms in total. The van der Waals surface area contributed by atoms with Gasteiger partial charge in [-0.3, -0.25) is 4.98 Å². The maximum absolute atomic E-state index is 9.81. The number of carbonyl (C=O) groups is 1. The zero-order chi connectivity index (χ0) is 28.5. The van der Waals surface area contributed by atoms with Crippen molar-refractivity contribution in [1.82, 2.24) is 10.3 Å². The average Bonchev–Trinajstić information content (AvgIpc) is 2.89. The SMILES string of the molecule is C=C(NCc1ccc(C)cc1)c1cc(C)c(N2CC(OC)C2)cn1.C=CC(CCC)CCC.CCC(C)=O. The Bertz CT molecular complexity index is 972. The van der Waals surface area contributed by atoms with Gasteiger partial charge in [-0.15, -0.1) is 6.58 Å². The minimum atomic E-state index is 0.255. The predicted molar refractivity (Wildman–Crippen MR) is 164 cm³/mol. The summed E-state index contributed by atoms with van der Waals surface area (Å²) in [5, 5.41) is 3.36. The summed E-state index contributed by atoms with van der Waals surface area (Å²) in [5.74, 6) is 1.03. The molecular formula is C33H51N3O2. The Kier molecular flexibility index (Phi) is 16.0. The fourth-order valence-electron chi connectivity index (χ4n) is 3.96. The maximum atomic E-state index is 9.81. The van der Waals surface area contributed by atoms with Crippen molar-refractivity contribution in [3.63, 3.8) is 0 Å². The van der Waals surface area contributed by atoms with Crippen LogP contribution in [0.3, 0.4) is 0 Å². The number of benzene rings is 1. The van der Waals surface area contributed by atoms with Crippen LogP contribution in [0, 0.1) is 19.8 Å². The first-order valence-electron chi connectivity index (χ1n) is 14.0. The second-order valence-electron chi connectivity index (χ2n) is 10.1. The lowest BCUT2D eigenvalue weighted by Gasteiger charge is -2.40. The van der Waals surface area contributed by atoms with E-state index in [1.54, 1.807) is 14.0 Å². The first kappa shape index (κ1) is 33.1. The number of nitrogens with one attached hydrogen (secondary N) is 1. The quantitative estimate of drug-likeness (QED) is 0.290. The number of aryl methyl sites for hydroxylation is 2. The van der Waals surface area contributed by atoms with Gasteiger partial charge in [-0.05, 0) is 56.7 Å². The number of ketones is 1. The predicted octanol–water partition coefficient (Wildman–Crippen LogP) is 7.67. The maximum Gasteiger partial charge on any atom is 0.129 e. The largest absolute Gasteiger partial charge is 0.380 e. The molecule has 0 saturated carbocycles. The van der Waals surface area contributed by atoms with Gasteiger partial charge in [0.2, 0.25) is 0 Å². The molecule has 0 bridgehead atoms. The van der Waals surface area contributed by atoms with Gasteiger partial charge in [0.05, 0.1) is 29.4 Å². The van der Waals surface area contributed by atoms with Crippen molar-refractivity contribution in [3.8, 4) is 0 Å². The van der Waals surface area contributed by atoms with Crippen LogP contribution in [-0.4, -0.2) is 37.1 Å². The summed E-state index contributed by atoms with van der Waals surface area (Å²) >= 11 is 0. The Morgan fingerprint density at radius 1 is 1.16 bits per heavy atom. The summed E-state index contributed by atoms with van der Waals surface area (Å²) in [6, 6.07) is 10.6. The number of Topliss-reactive ketones (excluding diaryl/α,β-unsaturated/α-hetero) is 1. The molecule has 3 rings (SSSR count). The lowest BCUT2D eigenvalue weighted by molar-refractivity contribution is -0.116. The molecule has 1 aliphatic heterocycles. The van der Waals surface area contributed by atoms with Crippen molar-refractivity contribution >= 4 is 17.2 Å². The third-order valence-corrected chi connectivity index (χ3v) is 6.69. The van der Waals surface area contributed by atoms with Gasteiger partial charge in [0.1, 0.15) is 5.78 Å². The fraction of sp³-hybridized carbons (Fsp3) is 0.515. The van der Waals surface area contributed by atoms with Crippen molar-refractivity contribution in [2.24, 2.45) is 5.92 Å². The fourth-order valence-corrected chi connectivity index (χ4v) is 3.96. The number of ether oxygens (including phenoxy) is 1. The first-order valence-corrected chi connectivity index (χ1v) is 14.0. The number of allylic oxidation sites excluding steroid dienone is 1. The summed E-state index contributed by atoms with van der Waals surface area (Å²) in [4.78, 5) is 16.7. The van der Waals surface area contributed by atoms with E-state index in [4.69, 9.17) is 4.74 Å². The van der Waals surface area contributed by atoms with Crippen LogP contribution in [0.4, 0.5) is 5.69 Å². The minimum Gasteiger partial charge on any atom is -0.380 e. The molecule has 0 aliphatic carbocycles. The summed E-state index contributed by atoms with van der Waals surface area (Å²) < 4.78 is 5.33. The molecule has 1 aliphatic rings. The van der Waals surface area contributed by atoms with E-state index < -0.39 is 0 Å². The molecule has 0 unspecified atom stereocenters. The highest BCUT2D eigenvalue weighted by atomic mass is 16.5. The number of pyridine rings is 1. The van der Waals surface area contributed by atoms with Gasteiger partial charge in [-0.1, -0.05) is 76.1 Å². The van der Waals surface area contributed by atoms with E-state index in [2.05, 4.69) is 92.5 Å². The van der Waals surface area contributed by atoms with E-state index in [-0.39, 0.29) is 5.78 Å². The molecule has 2 heterocycles. The van der Waals surface area contributed by atoms with Crippen LogP contribution < -0.4 is 10.2 Å². The Morgan fingerprint density at radius 2 is 1.74 bits per heavy atom. The molecule has 1 aromatic heterocycles. The van der Waals surface area contributed by atoms with E-state index >= 15 is 0 Å². The smallest absolute Gasteiger partial charge is 0.129 e. The van der Waals surface area contributed by atoms with Gasteiger partial charge in [0.15, 0.2) is 0 Å². The number of hydrogen-bond donors (Lipinski definition) is 1. The Hall–Kier alpha value is -2.92. The molecule has 1 fully saturated rings. The number of aromatic nitrogens is 1. The summed E-state index contributed by atoms with van der Waals surface area (Å²) in [6.07, 6.45) is 10.2. The molecule has 38 heavy (non-hydrogen) atoms. The van der Waals surface area contributed by atoms with Crippen molar-refractivity contribution in [3.05, 3.63) is 78.1 Å². The van der Waals surface area contributed by atoms with Gasteiger partial charge in [-0.2, -0.15) is 0 Å². The van der Waals surface area contributed by atoms with Gasteiger partial charge >= 0.3 is 0 Å². The highest BCUT2D eigenvalue weighted by Gasteiger charge is 2.27. The summed E-state index contributed by atoms with van der Waals surface area (Å²) in [7, 11) is 1.76. The minimum absolute atomic E-state index is 0.255. The van der Waals surface area contributed by atoms with Crippen LogP contribution in [0.1, 0.15) is 82.2 Å². The normalized spacial score (nSPS) is 12.5. The zero-order valence-electron chi connectivity index (χ0n) is 25.0. The first-order chi connectivity index (χ1) is 18.2. The molecule has 0 spiro atoms. The van der Waals surface area contributed by atoms with Gasteiger partial charge in [-0.25, -0.2) is 0 Å². The number of anilines is 1. The third kappa shape index (κ3) is 12.1. The van der Waals surface area contributed by atoms with Crippen molar-refractivity contribution in [1.29, 1.82) is 0 Å². The topological polar surface area (TPSA) is 54.5 Å². The Morgan fingerprint density at radius 3 is 2.18 bits per heavy atom. The highest BCUT2D eigenvalue weighted by Crippen LogP contribution is 2.26. The molecule has 2 aromatic rings. The molecule has 210 valence electrons. The lowest BCUT2D eigenvalue weighted by atomic mass is 9.99. The molecule has 0 radical (unpaired) electrons. The second kappa shape index (κ2) is 18.4. The molecule has 0 atom stereocenters. The number of nitrogens with zero attached hydrogens (tertiary/aromatic N) is 2. The Labute approximate surface area is 232 Å². The monoisotopic (exact) mass is 521 g/mol. The van der Waals surface area contributed by atoms with E-state index in [1.807, 2.05) is 13.1 Å². The number of carbonyl (C=O) groups excluding carboxylic acids is 1. The van der Waals surface area contributed by atoms with E-state index in [9.17, 15) is 4.79 Å². The second-order valence-corrected chi connectivity index (χ2v) is 10.1. The van der Waals surface area contributed by atoms with Crippen LogP contribution in [0.5, 0.6) is 0 Å². The van der Waals surface area contributed by atoms with Gasteiger partial charge < -0.3 is 19.7 Å².